The fraction of sp³-hybridized carbons (Fsp3) is 0.167. The van der Waals surface area contributed by atoms with E-state index in [-0.39, 0.29) is 17.8 Å². The zero-order chi connectivity index (χ0) is 11.7. The van der Waals surface area contributed by atoms with Crippen molar-refractivity contribution in [2.24, 2.45) is 0 Å². The largest absolute Gasteiger partial charge is 0.321 e. The highest BCUT2D eigenvalue weighted by atomic mass is 79.9. The highest BCUT2D eigenvalue weighted by molar-refractivity contribution is 9.10. The molecule has 0 aliphatic heterocycles. The smallest absolute Gasteiger partial charge is 0.252 e. The van der Waals surface area contributed by atoms with Crippen molar-refractivity contribution < 1.29 is 4.79 Å². The van der Waals surface area contributed by atoms with Crippen LogP contribution in [-0.4, -0.2) is 10.8 Å². The second-order valence-electron chi connectivity index (χ2n) is 3.71. The highest BCUT2D eigenvalue weighted by Gasteiger charge is 2.06. The van der Waals surface area contributed by atoms with E-state index >= 15 is 0 Å². The molecule has 16 heavy (non-hydrogen) atoms. The molecule has 0 fully saturated rings. The topological polar surface area (TPSA) is 49.9 Å². The average molecular weight is 280 g/mol. The van der Waals surface area contributed by atoms with Crippen LogP contribution in [0.15, 0.2) is 33.5 Å². The Morgan fingerprint density at radius 3 is 2.88 bits per heavy atom. The van der Waals surface area contributed by atoms with Gasteiger partial charge in [0.15, 0.2) is 0 Å². The van der Waals surface area contributed by atoms with Crippen molar-refractivity contribution in [1.29, 1.82) is 0 Å². The number of hydrogen-bond acceptors (Lipinski definition) is 2. The molecule has 0 amide bonds. The number of H-pyrrole nitrogens is 1. The number of benzene rings is 1. The lowest BCUT2D eigenvalue weighted by atomic mass is 10.1. The molecular weight excluding hydrogens is 270 g/mol. The normalized spacial score (nSPS) is 10.6. The second-order valence-corrected chi connectivity index (χ2v) is 4.56. The van der Waals surface area contributed by atoms with Crippen LogP contribution in [0.25, 0.3) is 10.9 Å². The molecule has 0 aliphatic rings. The van der Waals surface area contributed by atoms with E-state index in [9.17, 15) is 9.59 Å². The minimum atomic E-state index is -0.199. The molecule has 0 aliphatic carbocycles. The average Bonchev–Trinajstić information content (AvgIpc) is 2.20. The van der Waals surface area contributed by atoms with Crippen molar-refractivity contribution in [3.63, 3.8) is 0 Å². The Kier molecular flexibility index (Phi) is 2.92. The molecule has 1 aromatic heterocycles. The highest BCUT2D eigenvalue weighted by Crippen LogP contribution is 2.20. The molecule has 0 atom stereocenters. The molecule has 2 aromatic rings. The van der Waals surface area contributed by atoms with Crippen LogP contribution in [0.3, 0.4) is 0 Å². The molecule has 1 aromatic carbocycles. The van der Waals surface area contributed by atoms with Gasteiger partial charge in [0.05, 0.1) is 5.52 Å². The zero-order valence-electron chi connectivity index (χ0n) is 8.71. The SMILES string of the molecule is CC(=O)Cc1cc2cccc(Br)c2[nH]c1=O. The first-order valence-corrected chi connectivity index (χ1v) is 5.67. The quantitative estimate of drug-likeness (QED) is 0.918. The number of Topliss-reactive ketones (excluding diaryl/α,β-unsaturated/α-hetero) is 1. The monoisotopic (exact) mass is 279 g/mol. The number of aromatic nitrogens is 1. The zero-order valence-corrected chi connectivity index (χ0v) is 10.3. The minimum Gasteiger partial charge on any atom is -0.321 e. The lowest BCUT2D eigenvalue weighted by Gasteiger charge is -2.03. The van der Waals surface area contributed by atoms with E-state index in [0.29, 0.717) is 5.56 Å². The fourth-order valence-electron chi connectivity index (χ4n) is 1.64. The lowest BCUT2D eigenvalue weighted by Crippen LogP contribution is -2.15. The molecule has 4 heteroatoms. The van der Waals surface area contributed by atoms with Gasteiger partial charge in [-0.05, 0) is 40.4 Å². The summed E-state index contributed by atoms with van der Waals surface area (Å²) in [6, 6.07) is 7.42. The summed E-state index contributed by atoms with van der Waals surface area (Å²) in [5.74, 6) is -0.0140. The van der Waals surface area contributed by atoms with E-state index in [1.165, 1.54) is 6.92 Å². The molecule has 1 heterocycles. The maximum atomic E-state index is 11.7. The molecule has 0 bridgehead atoms. The number of nitrogens with one attached hydrogen (secondary N) is 1. The van der Waals surface area contributed by atoms with Crippen LogP contribution < -0.4 is 5.56 Å². The molecule has 0 saturated carbocycles. The van der Waals surface area contributed by atoms with Gasteiger partial charge >= 0.3 is 0 Å². The molecule has 1 N–H and O–H groups in total. The summed E-state index contributed by atoms with van der Waals surface area (Å²) < 4.78 is 0.844. The van der Waals surface area contributed by atoms with Crippen LogP contribution >= 0.6 is 15.9 Å². The molecule has 2 rings (SSSR count). The van der Waals surface area contributed by atoms with Gasteiger partial charge in [0.25, 0.3) is 5.56 Å². The predicted molar refractivity (Wildman–Crippen MR) is 66.7 cm³/mol. The third-order valence-corrected chi connectivity index (χ3v) is 3.01. The van der Waals surface area contributed by atoms with Crippen molar-refractivity contribution >= 4 is 32.6 Å². The predicted octanol–water partition coefficient (Wildman–Crippen LogP) is 2.42. The number of fused-ring (bicyclic) bond motifs is 1. The van der Waals surface area contributed by atoms with E-state index in [1.54, 1.807) is 6.07 Å². The van der Waals surface area contributed by atoms with Crippen molar-refractivity contribution in [2.75, 3.05) is 0 Å². The van der Waals surface area contributed by atoms with Crippen LogP contribution in [0.1, 0.15) is 12.5 Å². The van der Waals surface area contributed by atoms with Gasteiger partial charge < -0.3 is 4.98 Å². The molecule has 0 radical (unpaired) electrons. The van der Waals surface area contributed by atoms with E-state index < -0.39 is 0 Å². The minimum absolute atomic E-state index is 0.0140. The fourth-order valence-corrected chi connectivity index (χ4v) is 2.12. The van der Waals surface area contributed by atoms with E-state index in [1.807, 2.05) is 18.2 Å². The van der Waals surface area contributed by atoms with Crippen LogP contribution in [0.2, 0.25) is 0 Å². The number of carbonyl (C=O) groups excluding carboxylic acids is 1. The number of ketones is 1. The molecular formula is C12H10BrNO2. The first-order valence-electron chi connectivity index (χ1n) is 4.88. The summed E-state index contributed by atoms with van der Waals surface area (Å²) in [4.78, 5) is 25.5. The number of para-hydroxylation sites is 1. The number of hydrogen-bond donors (Lipinski definition) is 1. The third kappa shape index (κ3) is 2.07. The molecule has 0 spiro atoms. The number of carbonyl (C=O) groups is 1. The Balaban J connectivity index is 2.68. The number of aromatic amines is 1. The van der Waals surface area contributed by atoms with Gasteiger partial charge in [-0.15, -0.1) is 0 Å². The van der Waals surface area contributed by atoms with Gasteiger partial charge in [-0.2, -0.15) is 0 Å². The third-order valence-electron chi connectivity index (χ3n) is 2.35. The molecule has 82 valence electrons. The van der Waals surface area contributed by atoms with E-state index in [0.717, 1.165) is 15.4 Å². The summed E-state index contributed by atoms with van der Waals surface area (Å²) in [7, 11) is 0. The van der Waals surface area contributed by atoms with Crippen LogP contribution in [0.4, 0.5) is 0 Å². The van der Waals surface area contributed by atoms with Gasteiger partial charge in [0, 0.05) is 16.5 Å². The Morgan fingerprint density at radius 1 is 1.44 bits per heavy atom. The van der Waals surface area contributed by atoms with E-state index in [2.05, 4.69) is 20.9 Å². The Hall–Kier alpha value is -1.42. The second kappa shape index (κ2) is 4.22. The first kappa shape index (κ1) is 11.1. The summed E-state index contributed by atoms with van der Waals surface area (Å²) in [5.41, 5.74) is 1.08. The van der Waals surface area contributed by atoms with Crippen molar-refractivity contribution in [1.82, 2.24) is 4.98 Å². The maximum Gasteiger partial charge on any atom is 0.252 e. The summed E-state index contributed by atoms with van der Waals surface area (Å²) in [6.07, 6.45) is 0.178. The Morgan fingerprint density at radius 2 is 2.19 bits per heavy atom. The standard InChI is InChI=1S/C12H10BrNO2/c1-7(15)5-9-6-8-3-2-4-10(13)11(8)14-12(9)16/h2-4,6H,5H2,1H3,(H,14,16). The lowest BCUT2D eigenvalue weighted by molar-refractivity contribution is -0.116. The maximum absolute atomic E-state index is 11.7. The van der Waals surface area contributed by atoms with Crippen molar-refractivity contribution in [2.45, 2.75) is 13.3 Å². The van der Waals surface area contributed by atoms with Gasteiger partial charge in [-0.1, -0.05) is 12.1 Å². The van der Waals surface area contributed by atoms with Crippen molar-refractivity contribution in [3.05, 3.63) is 44.7 Å². The molecule has 0 unspecified atom stereocenters. The number of rotatable bonds is 2. The first-order chi connectivity index (χ1) is 7.58. The van der Waals surface area contributed by atoms with Gasteiger partial charge in [-0.3, -0.25) is 9.59 Å². The van der Waals surface area contributed by atoms with Crippen LogP contribution in [-0.2, 0) is 11.2 Å². The number of pyridine rings is 1. The van der Waals surface area contributed by atoms with Crippen molar-refractivity contribution in [3.8, 4) is 0 Å². The van der Waals surface area contributed by atoms with Gasteiger partial charge in [-0.25, -0.2) is 0 Å². The molecule has 0 saturated heterocycles. The number of halogens is 1. The summed E-state index contributed by atoms with van der Waals surface area (Å²) in [5, 5.41) is 0.922. The van der Waals surface area contributed by atoms with Gasteiger partial charge in [0.1, 0.15) is 5.78 Å². The van der Waals surface area contributed by atoms with Gasteiger partial charge in [0.2, 0.25) is 0 Å². The Labute approximate surface area is 101 Å². The van der Waals surface area contributed by atoms with Crippen LogP contribution in [0, 0.1) is 0 Å². The summed E-state index contributed by atoms with van der Waals surface area (Å²) >= 11 is 3.37. The van der Waals surface area contributed by atoms with Crippen LogP contribution in [0.5, 0.6) is 0 Å². The summed E-state index contributed by atoms with van der Waals surface area (Å²) in [6.45, 7) is 1.48. The Bertz CT molecular complexity index is 616. The van der Waals surface area contributed by atoms with E-state index in [4.69, 9.17) is 0 Å². The molecule has 3 nitrogen and oxygen atoms in total.